The predicted molar refractivity (Wildman–Crippen MR) is 112 cm³/mol. The van der Waals surface area contributed by atoms with Gasteiger partial charge in [0.15, 0.2) is 0 Å². The van der Waals surface area contributed by atoms with Gasteiger partial charge in [-0.2, -0.15) is 14.6 Å². The van der Waals surface area contributed by atoms with Gasteiger partial charge in [-0.1, -0.05) is 39.8 Å². The van der Waals surface area contributed by atoms with Crippen molar-refractivity contribution < 1.29 is 9.53 Å². The molecule has 154 valence electrons. The minimum absolute atomic E-state index is 0.0337. The van der Waals surface area contributed by atoms with E-state index in [4.69, 9.17) is 4.74 Å². The number of ether oxygens (including phenoxy) is 1. The van der Waals surface area contributed by atoms with Crippen molar-refractivity contribution in [2.75, 3.05) is 19.7 Å². The second kappa shape index (κ2) is 9.13. The Balaban J connectivity index is 0.00000117. The molecule has 1 aromatic carbocycles. The summed E-state index contributed by atoms with van der Waals surface area (Å²) in [4.78, 5) is 23.4. The molecule has 1 atom stereocenters. The normalized spacial score (nSPS) is 16.6. The number of fused-ring (bicyclic) bond motifs is 1. The Bertz CT molecular complexity index is 982. The second-order valence-corrected chi connectivity index (χ2v) is 7.18. The van der Waals surface area contributed by atoms with Crippen LogP contribution in [0.3, 0.4) is 0 Å². The third-order valence-corrected chi connectivity index (χ3v) is 4.89. The Morgan fingerprint density at radius 2 is 2.03 bits per heavy atom. The summed E-state index contributed by atoms with van der Waals surface area (Å²) in [6.45, 7) is 11.7. The number of rotatable bonds is 3. The van der Waals surface area contributed by atoms with Gasteiger partial charge in [0.25, 0.3) is 11.7 Å². The fourth-order valence-corrected chi connectivity index (χ4v) is 3.41. The minimum Gasteiger partial charge on any atom is -0.368 e. The Labute approximate surface area is 171 Å². The molecule has 1 saturated heterocycles. The third kappa shape index (κ3) is 4.45. The van der Waals surface area contributed by atoms with Crippen molar-refractivity contribution in [1.29, 1.82) is 0 Å². The van der Waals surface area contributed by atoms with Crippen LogP contribution in [0.1, 0.15) is 67.0 Å². The lowest BCUT2D eigenvalue weighted by Gasteiger charge is -2.33. The number of aromatic nitrogens is 4. The lowest BCUT2D eigenvalue weighted by atomic mass is 10.0. The number of carbonyl (C=O) groups is 1. The molecular formula is C22H29N5O2. The minimum atomic E-state index is -0.262. The van der Waals surface area contributed by atoms with Gasteiger partial charge in [-0.3, -0.25) is 4.79 Å². The second-order valence-electron chi connectivity index (χ2n) is 7.18. The molecule has 1 aliphatic rings. The number of hydrogen-bond acceptors (Lipinski definition) is 5. The summed E-state index contributed by atoms with van der Waals surface area (Å²) in [7, 11) is 0. The first-order valence-corrected chi connectivity index (χ1v) is 10.2. The van der Waals surface area contributed by atoms with Crippen molar-refractivity contribution in [3.63, 3.8) is 0 Å². The number of morpholine rings is 1. The molecule has 0 saturated carbocycles. The van der Waals surface area contributed by atoms with Crippen molar-refractivity contribution in [3.05, 3.63) is 59.2 Å². The Morgan fingerprint density at radius 3 is 2.79 bits per heavy atom. The van der Waals surface area contributed by atoms with E-state index in [1.807, 2.05) is 49.9 Å². The highest BCUT2D eigenvalue weighted by Gasteiger charge is 2.28. The van der Waals surface area contributed by atoms with Crippen LogP contribution in [-0.2, 0) is 4.74 Å². The molecule has 0 N–H and O–H groups in total. The van der Waals surface area contributed by atoms with Crippen LogP contribution in [0.2, 0.25) is 0 Å². The fraction of sp³-hybridized carbons (Fsp3) is 0.455. The van der Waals surface area contributed by atoms with E-state index in [0.29, 0.717) is 31.4 Å². The van der Waals surface area contributed by atoms with Crippen LogP contribution in [-0.4, -0.2) is 50.1 Å². The molecule has 0 spiro atoms. The van der Waals surface area contributed by atoms with E-state index < -0.39 is 0 Å². The predicted octanol–water partition coefficient (Wildman–Crippen LogP) is 3.80. The molecule has 7 nitrogen and oxygen atoms in total. The maximum absolute atomic E-state index is 13.1. The quantitative estimate of drug-likeness (QED) is 0.674. The molecule has 3 aromatic rings. The van der Waals surface area contributed by atoms with E-state index in [1.165, 1.54) is 11.9 Å². The number of nitrogens with zero attached hydrogens (tertiary/aromatic N) is 5. The first-order valence-electron chi connectivity index (χ1n) is 10.2. The lowest BCUT2D eigenvalue weighted by molar-refractivity contribution is -0.0257. The van der Waals surface area contributed by atoms with Gasteiger partial charge in [0.2, 0.25) is 0 Å². The van der Waals surface area contributed by atoms with E-state index in [2.05, 4.69) is 35.0 Å². The number of hydrogen-bond donors (Lipinski definition) is 0. The molecule has 0 aliphatic carbocycles. The fourth-order valence-electron chi connectivity index (χ4n) is 3.41. The van der Waals surface area contributed by atoms with Crippen LogP contribution >= 0.6 is 0 Å². The molecule has 2 aromatic heterocycles. The first kappa shape index (κ1) is 20.9. The molecule has 4 rings (SSSR count). The summed E-state index contributed by atoms with van der Waals surface area (Å²) < 4.78 is 7.65. The zero-order valence-corrected chi connectivity index (χ0v) is 17.8. The molecule has 7 heteroatoms. The maximum Gasteiger partial charge on any atom is 0.254 e. The molecule has 3 heterocycles. The van der Waals surface area contributed by atoms with Crippen LogP contribution in [0, 0.1) is 6.92 Å². The summed E-state index contributed by atoms with van der Waals surface area (Å²) in [5, 5.41) is 4.25. The smallest absolute Gasteiger partial charge is 0.254 e. The van der Waals surface area contributed by atoms with E-state index >= 15 is 0 Å². The number of benzene rings is 1. The van der Waals surface area contributed by atoms with Gasteiger partial charge in [0.1, 0.15) is 12.4 Å². The van der Waals surface area contributed by atoms with Gasteiger partial charge in [0, 0.05) is 17.8 Å². The van der Waals surface area contributed by atoms with Gasteiger partial charge >= 0.3 is 0 Å². The highest BCUT2D eigenvalue weighted by molar-refractivity contribution is 5.94. The number of aryl methyl sites for hydroxylation is 1. The molecule has 0 radical (unpaired) electrons. The summed E-state index contributed by atoms with van der Waals surface area (Å²) in [6, 6.07) is 9.82. The average molecular weight is 396 g/mol. The van der Waals surface area contributed by atoms with Crippen LogP contribution in [0.5, 0.6) is 0 Å². The molecule has 29 heavy (non-hydrogen) atoms. The van der Waals surface area contributed by atoms with Crippen LogP contribution in [0.4, 0.5) is 0 Å². The van der Waals surface area contributed by atoms with E-state index in [-0.39, 0.29) is 12.0 Å². The highest BCUT2D eigenvalue weighted by Crippen LogP contribution is 2.24. The van der Waals surface area contributed by atoms with Crippen LogP contribution in [0.25, 0.3) is 5.78 Å². The Hall–Kier alpha value is -2.80. The standard InChI is InChI=1S/C20H23N5O2.C2H6/c1-13(2)15-5-4-6-16(10-15)19(26)24-7-8-27-18(11-24)17-9-14(3)23-20-21-12-22-25(17)20;1-2/h4-6,9-10,12-13,18H,7-8,11H2,1-3H3;1-2H3. The van der Waals surface area contributed by atoms with Gasteiger partial charge in [-0.15, -0.1) is 0 Å². The lowest BCUT2D eigenvalue weighted by Crippen LogP contribution is -2.42. The monoisotopic (exact) mass is 395 g/mol. The first-order chi connectivity index (χ1) is 14.0. The number of carbonyl (C=O) groups excluding carboxylic acids is 1. The van der Waals surface area contributed by atoms with Crippen LogP contribution in [0.15, 0.2) is 36.7 Å². The van der Waals surface area contributed by atoms with E-state index in [9.17, 15) is 4.79 Å². The highest BCUT2D eigenvalue weighted by atomic mass is 16.5. The molecule has 1 amide bonds. The summed E-state index contributed by atoms with van der Waals surface area (Å²) >= 11 is 0. The number of amides is 1. The molecular weight excluding hydrogens is 366 g/mol. The van der Waals surface area contributed by atoms with E-state index in [1.54, 1.807) is 4.52 Å². The SMILES string of the molecule is CC.Cc1cc(C2CN(C(=O)c3cccc(C(C)C)c3)CCO2)n2ncnc2n1. The zero-order valence-electron chi connectivity index (χ0n) is 17.8. The molecule has 1 fully saturated rings. The van der Waals surface area contributed by atoms with Crippen molar-refractivity contribution in [2.24, 2.45) is 0 Å². The average Bonchev–Trinajstić information content (AvgIpc) is 3.22. The molecule has 1 unspecified atom stereocenters. The maximum atomic E-state index is 13.1. The third-order valence-electron chi connectivity index (χ3n) is 4.89. The Kier molecular flexibility index (Phi) is 6.59. The Morgan fingerprint density at radius 1 is 1.24 bits per heavy atom. The van der Waals surface area contributed by atoms with Crippen molar-refractivity contribution in [3.8, 4) is 0 Å². The van der Waals surface area contributed by atoms with Crippen molar-refractivity contribution >= 4 is 11.7 Å². The zero-order chi connectivity index (χ0) is 21.0. The van der Waals surface area contributed by atoms with Crippen molar-refractivity contribution in [1.82, 2.24) is 24.5 Å². The van der Waals surface area contributed by atoms with Crippen molar-refractivity contribution in [2.45, 2.75) is 46.6 Å². The van der Waals surface area contributed by atoms with Gasteiger partial charge in [-0.05, 0) is 36.6 Å². The van der Waals surface area contributed by atoms with Gasteiger partial charge in [-0.25, -0.2) is 4.98 Å². The largest absolute Gasteiger partial charge is 0.368 e. The topological polar surface area (TPSA) is 72.6 Å². The molecule has 0 bridgehead atoms. The summed E-state index contributed by atoms with van der Waals surface area (Å²) in [5.74, 6) is 0.962. The summed E-state index contributed by atoms with van der Waals surface area (Å²) in [5.41, 5.74) is 3.60. The van der Waals surface area contributed by atoms with Crippen LogP contribution < -0.4 is 0 Å². The summed E-state index contributed by atoms with van der Waals surface area (Å²) in [6.07, 6.45) is 1.22. The van der Waals surface area contributed by atoms with Gasteiger partial charge < -0.3 is 9.64 Å². The molecule has 1 aliphatic heterocycles. The van der Waals surface area contributed by atoms with E-state index in [0.717, 1.165) is 17.0 Å². The van der Waals surface area contributed by atoms with Gasteiger partial charge in [0.05, 0.1) is 18.8 Å².